The molecule has 0 bridgehead atoms. The van der Waals surface area contributed by atoms with Gasteiger partial charge in [-0.15, -0.1) is 0 Å². The van der Waals surface area contributed by atoms with Crippen LogP contribution in [0.5, 0.6) is 5.75 Å². The lowest BCUT2D eigenvalue weighted by molar-refractivity contribution is -0.389. The molecule has 4 rings (SSSR count). The van der Waals surface area contributed by atoms with E-state index in [9.17, 15) is 14.9 Å². The summed E-state index contributed by atoms with van der Waals surface area (Å²) in [6, 6.07) is 11.1. The lowest BCUT2D eigenvalue weighted by Crippen LogP contribution is -2.55. The number of nitro groups is 1. The van der Waals surface area contributed by atoms with Gasteiger partial charge >= 0.3 is 5.82 Å². The van der Waals surface area contributed by atoms with Crippen molar-refractivity contribution in [1.82, 2.24) is 9.88 Å². The number of benzene rings is 1. The topological polar surface area (TPSA) is 88.8 Å². The summed E-state index contributed by atoms with van der Waals surface area (Å²) in [6.07, 6.45) is 6.59. The predicted molar refractivity (Wildman–Crippen MR) is 117 cm³/mol. The van der Waals surface area contributed by atoms with Gasteiger partial charge in [0, 0.05) is 32.2 Å². The number of carbonyl (C=O) groups is 1. The summed E-state index contributed by atoms with van der Waals surface area (Å²) in [7, 11) is 1.65. The Kier molecular flexibility index (Phi) is 6.06. The summed E-state index contributed by atoms with van der Waals surface area (Å²) in [5, 5.41) is 10.8. The molecule has 0 unspecified atom stereocenters. The van der Waals surface area contributed by atoms with Gasteiger partial charge in [0.05, 0.1) is 18.2 Å². The molecule has 2 aromatic rings. The standard InChI is InChI=1S/C23H28N4O4/c1-31-20-8-5-18(6-9-20)23(11-3-2-4-12-23)22(28)26-15-13-25(14-16-26)19-7-10-21(24-17-19)27(29)30/h5-10,17H,2-4,11-16H2,1H3. The molecular formula is C23H28N4O4. The highest BCUT2D eigenvalue weighted by Crippen LogP contribution is 2.41. The molecule has 1 aliphatic carbocycles. The molecule has 1 aromatic heterocycles. The van der Waals surface area contributed by atoms with E-state index < -0.39 is 10.3 Å². The van der Waals surface area contributed by atoms with Crippen LogP contribution in [0.25, 0.3) is 0 Å². The highest BCUT2D eigenvalue weighted by atomic mass is 16.6. The van der Waals surface area contributed by atoms with Crippen molar-refractivity contribution in [2.45, 2.75) is 37.5 Å². The van der Waals surface area contributed by atoms with Crippen LogP contribution < -0.4 is 9.64 Å². The minimum atomic E-state index is -0.497. The molecule has 164 valence electrons. The molecular weight excluding hydrogens is 396 g/mol. The van der Waals surface area contributed by atoms with Crippen molar-refractivity contribution >= 4 is 17.4 Å². The molecule has 1 aliphatic heterocycles. The second-order valence-electron chi connectivity index (χ2n) is 8.28. The number of pyridine rings is 1. The van der Waals surface area contributed by atoms with E-state index in [1.165, 1.54) is 18.7 Å². The number of aromatic nitrogens is 1. The Balaban J connectivity index is 1.48. The number of nitrogens with zero attached hydrogens (tertiary/aromatic N) is 4. The van der Waals surface area contributed by atoms with Gasteiger partial charge in [-0.1, -0.05) is 31.4 Å². The van der Waals surface area contributed by atoms with E-state index in [2.05, 4.69) is 9.88 Å². The van der Waals surface area contributed by atoms with Crippen molar-refractivity contribution < 1.29 is 14.5 Å². The van der Waals surface area contributed by atoms with Crippen LogP contribution >= 0.6 is 0 Å². The van der Waals surface area contributed by atoms with E-state index in [4.69, 9.17) is 4.74 Å². The summed E-state index contributed by atoms with van der Waals surface area (Å²) in [4.78, 5) is 32.1. The van der Waals surface area contributed by atoms with Crippen molar-refractivity contribution in [2.24, 2.45) is 0 Å². The maximum absolute atomic E-state index is 13.8. The molecule has 0 radical (unpaired) electrons. The van der Waals surface area contributed by atoms with Gasteiger partial charge in [0.15, 0.2) is 6.20 Å². The molecule has 8 heteroatoms. The number of amides is 1. The van der Waals surface area contributed by atoms with E-state index >= 15 is 0 Å². The predicted octanol–water partition coefficient (Wildman–Crippen LogP) is 3.55. The lowest BCUT2D eigenvalue weighted by Gasteiger charge is -2.43. The fourth-order valence-electron chi connectivity index (χ4n) is 4.84. The van der Waals surface area contributed by atoms with Gasteiger partial charge in [-0.05, 0) is 46.5 Å². The maximum Gasteiger partial charge on any atom is 0.363 e. The van der Waals surface area contributed by atoms with Crippen molar-refractivity contribution in [3.63, 3.8) is 0 Å². The monoisotopic (exact) mass is 424 g/mol. The maximum atomic E-state index is 13.8. The molecule has 2 heterocycles. The SMILES string of the molecule is COc1ccc(C2(C(=O)N3CCN(c4ccc([N+](=O)[O-])nc4)CC3)CCCCC2)cc1. The zero-order valence-electron chi connectivity index (χ0n) is 17.8. The van der Waals surface area contributed by atoms with Crippen LogP contribution in [-0.4, -0.2) is 54.0 Å². The Hall–Kier alpha value is -3.16. The molecule has 1 aromatic carbocycles. The third-order valence-corrected chi connectivity index (χ3v) is 6.61. The minimum Gasteiger partial charge on any atom is -0.497 e. The largest absolute Gasteiger partial charge is 0.497 e. The number of hydrogen-bond acceptors (Lipinski definition) is 6. The molecule has 2 aliphatic rings. The molecule has 2 fully saturated rings. The zero-order chi connectivity index (χ0) is 21.8. The molecule has 1 amide bonds. The number of anilines is 1. The van der Waals surface area contributed by atoms with Crippen LogP contribution in [-0.2, 0) is 10.2 Å². The molecule has 0 atom stereocenters. The van der Waals surface area contributed by atoms with Gasteiger partial charge in [-0.25, -0.2) is 0 Å². The molecule has 1 saturated carbocycles. The Morgan fingerprint density at radius 2 is 1.71 bits per heavy atom. The van der Waals surface area contributed by atoms with Crippen LogP contribution in [0.1, 0.15) is 37.7 Å². The summed E-state index contributed by atoms with van der Waals surface area (Å²) >= 11 is 0. The summed E-state index contributed by atoms with van der Waals surface area (Å²) in [6.45, 7) is 2.63. The first-order chi connectivity index (χ1) is 15.0. The minimum absolute atomic E-state index is 0.156. The Labute approximate surface area is 182 Å². The third-order valence-electron chi connectivity index (χ3n) is 6.61. The second kappa shape index (κ2) is 8.91. The van der Waals surface area contributed by atoms with Gasteiger partial charge in [0.25, 0.3) is 0 Å². The van der Waals surface area contributed by atoms with Crippen LogP contribution in [0, 0.1) is 10.1 Å². The Morgan fingerprint density at radius 1 is 1.03 bits per heavy atom. The van der Waals surface area contributed by atoms with Crippen LogP contribution in [0.15, 0.2) is 42.6 Å². The summed E-state index contributed by atoms with van der Waals surface area (Å²) in [5.41, 5.74) is 1.47. The van der Waals surface area contributed by atoms with Crippen LogP contribution in [0.3, 0.4) is 0 Å². The van der Waals surface area contributed by atoms with Gasteiger partial charge in [0.1, 0.15) is 5.75 Å². The van der Waals surface area contributed by atoms with Crippen molar-refractivity contribution in [3.05, 3.63) is 58.3 Å². The highest BCUT2D eigenvalue weighted by Gasteiger charge is 2.44. The summed E-state index contributed by atoms with van der Waals surface area (Å²) in [5.74, 6) is 0.864. The first-order valence-corrected chi connectivity index (χ1v) is 10.8. The molecule has 0 spiro atoms. The lowest BCUT2D eigenvalue weighted by atomic mass is 9.68. The average Bonchev–Trinajstić information content (AvgIpc) is 2.84. The first kappa shape index (κ1) is 21.1. The van der Waals surface area contributed by atoms with Crippen molar-refractivity contribution in [2.75, 3.05) is 38.2 Å². The van der Waals surface area contributed by atoms with Crippen molar-refractivity contribution in [3.8, 4) is 5.75 Å². The zero-order valence-corrected chi connectivity index (χ0v) is 17.8. The van der Waals surface area contributed by atoms with E-state index in [0.717, 1.165) is 42.7 Å². The van der Waals surface area contributed by atoms with Crippen LogP contribution in [0.2, 0.25) is 0 Å². The summed E-state index contributed by atoms with van der Waals surface area (Å²) < 4.78 is 5.30. The molecule has 1 saturated heterocycles. The fourth-order valence-corrected chi connectivity index (χ4v) is 4.84. The highest BCUT2D eigenvalue weighted by molar-refractivity contribution is 5.88. The molecule has 8 nitrogen and oxygen atoms in total. The number of ether oxygens (including phenoxy) is 1. The number of carbonyl (C=O) groups excluding carboxylic acids is 1. The fraction of sp³-hybridized carbons (Fsp3) is 0.478. The Morgan fingerprint density at radius 3 is 2.26 bits per heavy atom. The first-order valence-electron chi connectivity index (χ1n) is 10.8. The number of hydrogen-bond donors (Lipinski definition) is 0. The molecule has 0 N–H and O–H groups in total. The van der Waals surface area contributed by atoms with E-state index in [1.807, 2.05) is 29.2 Å². The number of rotatable bonds is 5. The second-order valence-corrected chi connectivity index (χ2v) is 8.28. The normalized spacial score (nSPS) is 18.5. The van der Waals surface area contributed by atoms with E-state index in [0.29, 0.717) is 26.2 Å². The Bertz CT molecular complexity index is 916. The smallest absolute Gasteiger partial charge is 0.363 e. The van der Waals surface area contributed by atoms with Gasteiger partial charge in [0.2, 0.25) is 5.91 Å². The van der Waals surface area contributed by atoms with E-state index in [1.54, 1.807) is 13.2 Å². The third kappa shape index (κ3) is 4.19. The molecule has 31 heavy (non-hydrogen) atoms. The average molecular weight is 425 g/mol. The van der Waals surface area contributed by atoms with E-state index in [-0.39, 0.29) is 11.7 Å². The van der Waals surface area contributed by atoms with Gasteiger partial charge in [-0.3, -0.25) is 4.79 Å². The van der Waals surface area contributed by atoms with Gasteiger partial charge in [-0.2, -0.15) is 0 Å². The number of methoxy groups -OCH3 is 1. The van der Waals surface area contributed by atoms with Gasteiger partial charge < -0.3 is 24.7 Å². The quantitative estimate of drug-likeness (QED) is 0.539. The van der Waals surface area contributed by atoms with Crippen LogP contribution in [0.4, 0.5) is 11.5 Å². The van der Waals surface area contributed by atoms with Crippen molar-refractivity contribution in [1.29, 1.82) is 0 Å². The number of piperazine rings is 1.